The summed E-state index contributed by atoms with van der Waals surface area (Å²) in [5.74, 6) is -0.0368. The van der Waals surface area contributed by atoms with Gasteiger partial charge in [0.15, 0.2) is 0 Å². The third kappa shape index (κ3) is 6.16. The van der Waals surface area contributed by atoms with Crippen molar-refractivity contribution in [1.82, 2.24) is 5.32 Å². The molecule has 0 saturated heterocycles. The van der Waals surface area contributed by atoms with Crippen LogP contribution in [0.2, 0.25) is 10.0 Å². The van der Waals surface area contributed by atoms with E-state index in [1.807, 2.05) is 44.2 Å². The first-order chi connectivity index (χ1) is 11.2. The number of amides is 1. The van der Waals surface area contributed by atoms with Crippen molar-refractivity contribution in [2.24, 2.45) is 5.73 Å². The minimum Gasteiger partial charge on any atom is -0.352 e. The van der Waals surface area contributed by atoms with Crippen LogP contribution in [-0.4, -0.2) is 11.4 Å². The van der Waals surface area contributed by atoms with E-state index in [9.17, 15) is 4.79 Å². The van der Waals surface area contributed by atoms with Crippen molar-refractivity contribution in [3.05, 3.63) is 69.2 Å². The van der Waals surface area contributed by atoms with Gasteiger partial charge < -0.3 is 11.1 Å². The summed E-state index contributed by atoms with van der Waals surface area (Å²) in [7, 11) is 0. The smallest absolute Gasteiger partial charge is 0.224 e. The molecule has 2 rings (SSSR count). The number of carbonyl (C=O) groups excluding carboxylic acids is 1. The Labute approximate surface area is 153 Å². The number of benzene rings is 2. The standard InChI is InChI=1S/C19H22Cl2N2O/c1-19(2,22)11-14-5-3-4-13(8-14)10-18(24)23-12-15-6-7-16(20)17(21)9-15/h3-9H,10-12,22H2,1-2H3,(H,23,24). The largest absolute Gasteiger partial charge is 0.352 e. The van der Waals surface area contributed by atoms with Gasteiger partial charge in [-0.25, -0.2) is 0 Å². The van der Waals surface area contributed by atoms with Crippen molar-refractivity contribution in [2.75, 3.05) is 0 Å². The van der Waals surface area contributed by atoms with Crippen molar-refractivity contribution in [3.8, 4) is 0 Å². The number of hydrogen-bond donors (Lipinski definition) is 2. The highest BCUT2D eigenvalue weighted by Gasteiger charge is 2.12. The minimum atomic E-state index is -0.269. The first-order valence-electron chi connectivity index (χ1n) is 7.80. The van der Waals surface area contributed by atoms with E-state index in [2.05, 4.69) is 5.32 Å². The molecule has 24 heavy (non-hydrogen) atoms. The Hall–Kier alpha value is -1.55. The van der Waals surface area contributed by atoms with E-state index >= 15 is 0 Å². The van der Waals surface area contributed by atoms with Crippen LogP contribution in [0.1, 0.15) is 30.5 Å². The Bertz CT molecular complexity index is 724. The van der Waals surface area contributed by atoms with Crippen LogP contribution in [0.4, 0.5) is 0 Å². The van der Waals surface area contributed by atoms with Crippen molar-refractivity contribution in [1.29, 1.82) is 0 Å². The molecule has 0 bridgehead atoms. The highest BCUT2D eigenvalue weighted by atomic mass is 35.5. The summed E-state index contributed by atoms with van der Waals surface area (Å²) in [6, 6.07) is 13.3. The zero-order valence-electron chi connectivity index (χ0n) is 13.9. The normalized spacial score (nSPS) is 11.4. The second kappa shape index (κ2) is 8.02. The summed E-state index contributed by atoms with van der Waals surface area (Å²) in [4.78, 5) is 12.1. The molecule has 0 fully saturated rings. The minimum absolute atomic E-state index is 0.0368. The maximum atomic E-state index is 12.1. The molecule has 1 amide bonds. The number of nitrogens with one attached hydrogen (secondary N) is 1. The Morgan fingerprint density at radius 2 is 1.75 bits per heavy atom. The quantitative estimate of drug-likeness (QED) is 0.809. The predicted molar refractivity (Wildman–Crippen MR) is 100 cm³/mol. The first kappa shape index (κ1) is 18.8. The van der Waals surface area contributed by atoms with Crippen molar-refractivity contribution >= 4 is 29.1 Å². The molecule has 3 nitrogen and oxygen atoms in total. The van der Waals surface area contributed by atoms with Gasteiger partial charge in [0.05, 0.1) is 16.5 Å². The van der Waals surface area contributed by atoms with Gasteiger partial charge in [0, 0.05) is 12.1 Å². The summed E-state index contributed by atoms with van der Waals surface area (Å²) < 4.78 is 0. The molecule has 0 aromatic heterocycles. The highest BCUT2D eigenvalue weighted by molar-refractivity contribution is 6.42. The predicted octanol–water partition coefficient (Wildman–Crippen LogP) is 4.13. The SMILES string of the molecule is CC(C)(N)Cc1cccc(CC(=O)NCc2ccc(Cl)c(Cl)c2)c1. The first-order valence-corrected chi connectivity index (χ1v) is 8.56. The van der Waals surface area contributed by atoms with E-state index < -0.39 is 0 Å². The van der Waals surface area contributed by atoms with Gasteiger partial charge >= 0.3 is 0 Å². The molecule has 2 aromatic carbocycles. The van der Waals surface area contributed by atoms with E-state index in [-0.39, 0.29) is 11.4 Å². The Balaban J connectivity index is 1.92. The van der Waals surface area contributed by atoms with E-state index in [1.54, 1.807) is 12.1 Å². The Kier molecular flexibility index (Phi) is 6.27. The Morgan fingerprint density at radius 1 is 1.04 bits per heavy atom. The number of nitrogens with two attached hydrogens (primary N) is 1. The molecule has 0 heterocycles. The Morgan fingerprint density at radius 3 is 2.42 bits per heavy atom. The molecule has 3 N–H and O–H groups in total. The number of hydrogen-bond acceptors (Lipinski definition) is 2. The van der Waals surface area contributed by atoms with E-state index in [4.69, 9.17) is 28.9 Å². The molecule has 128 valence electrons. The van der Waals surface area contributed by atoms with Crippen LogP contribution in [0.15, 0.2) is 42.5 Å². The fourth-order valence-electron chi connectivity index (χ4n) is 2.47. The zero-order valence-corrected chi connectivity index (χ0v) is 15.4. The van der Waals surface area contributed by atoms with E-state index in [0.717, 1.165) is 23.1 Å². The van der Waals surface area contributed by atoms with Gasteiger partial charge in [0.25, 0.3) is 0 Å². The van der Waals surface area contributed by atoms with Crippen LogP contribution in [0.25, 0.3) is 0 Å². The van der Waals surface area contributed by atoms with Crippen molar-refractivity contribution in [2.45, 2.75) is 38.8 Å². The van der Waals surface area contributed by atoms with Gasteiger partial charge in [0.1, 0.15) is 0 Å². The highest BCUT2D eigenvalue weighted by Crippen LogP contribution is 2.22. The summed E-state index contributed by atoms with van der Waals surface area (Å²) >= 11 is 11.9. The second-order valence-corrected chi connectivity index (χ2v) is 7.50. The molecule has 0 spiro atoms. The molecule has 5 heteroatoms. The third-order valence-electron chi connectivity index (χ3n) is 3.49. The average Bonchev–Trinajstić information content (AvgIpc) is 2.47. The van der Waals surface area contributed by atoms with Gasteiger partial charge in [-0.05, 0) is 49.1 Å². The zero-order chi connectivity index (χ0) is 17.7. The second-order valence-electron chi connectivity index (χ2n) is 6.69. The maximum absolute atomic E-state index is 12.1. The molecule has 0 aliphatic heterocycles. The van der Waals surface area contributed by atoms with Gasteiger partial charge in [-0.2, -0.15) is 0 Å². The topological polar surface area (TPSA) is 55.1 Å². The summed E-state index contributed by atoms with van der Waals surface area (Å²) in [5.41, 5.74) is 8.81. The molecule has 2 aromatic rings. The molecule has 0 aliphatic rings. The van der Waals surface area contributed by atoms with Gasteiger partial charge in [0.2, 0.25) is 5.91 Å². The lowest BCUT2D eigenvalue weighted by molar-refractivity contribution is -0.120. The molecule has 0 atom stereocenters. The summed E-state index contributed by atoms with van der Waals surface area (Å²) in [6.07, 6.45) is 1.10. The van der Waals surface area contributed by atoms with Crippen LogP contribution >= 0.6 is 23.2 Å². The molecular weight excluding hydrogens is 343 g/mol. The number of halogens is 2. The van der Waals surface area contributed by atoms with Gasteiger partial charge in [-0.3, -0.25) is 4.79 Å². The molecule has 0 aliphatic carbocycles. The maximum Gasteiger partial charge on any atom is 0.224 e. The molecular formula is C19H22Cl2N2O. The fourth-order valence-corrected chi connectivity index (χ4v) is 2.79. The summed E-state index contributed by atoms with van der Waals surface area (Å²) in [5, 5.41) is 3.89. The van der Waals surface area contributed by atoms with Gasteiger partial charge in [-0.1, -0.05) is 53.5 Å². The number of rotatable bonds is 6. The average molecular weight is 365 g/mol. The summed E-state index contributed by atoms with van der Waals surface area (Å²) in [6.45, 7) is 4.40. The lowest BCUT2D eigenvalue weighted by Gasteiger charge is -2.18. The monoisotopic (exact) mass is 364 g/mol. The fraction of sp³-hybridized carbons (Fsp3) is 0.316. The van der Waals surface area contributed by atoms with Crippen molar-refractivity contribution < 1.29 is 4.79 Å². The van der Waals surface area contributed by atoms with Crippen LogP contribution < -0.4 is 11.1 Å². The van der Waals surface area contributed by atoms with E-state index in [0.29, 0.717) is 23.0 Å². The lowest BCUT2D eigenvalue weighted by atomic mass is 9.95. The molecule has 0 saturated carbocycles. The van der Waals surface area contributed by atoms with Gasteiger partial charge in [-0.15, -0.1) is 0 Å². The van der Waals surface area contributed by atoms with Crippen molar-refractivity contribution in [3.63, 3.8) is 0 Å². The van der Waals surface area contributed by atoms with Crippen LogP contribution in [0, 0.1) is 0 Å². The van der Waals surface area contributed by atoms with Crippen LogP contribution in [-0.2, 0) is 24.2 Å². The third-order valence-corrected chi connectivity index (χ3v) is 4.23. The van der Waals surface area contributed by atoms with E-state index in [1.165, 1.54) is 0 Å². The lowest BCUT2D eigenvalue weighted by Crippen LogP contribution is -2.34. The van der Waals surface area contributed by atoms with Crippen LogP contribution in [0.5, 0.6) is 0 Å². The molecule has 0 radical (unpaired) electrons. The van der Waals surface area contributed by atoms with Crippen LogP contribution in [0.3, 0.4) is 0 Å². The number of carbonyl (C=O) groups is 1. The molecule has 0 unspecified atom stereocenters.